The monoisotopic (exact) mass is 305 g/mol. The van der Waals surface area contributed by atoms with Crippen LogP contribution in [0.4, 0.5) is 4.39 Å². The summed E-state index contributed by atoms with van der Waals surface area (Å²) < 4.78 is 43.6. The number of carbonyl (C=O) groups excluding carboxylic acids is 1. The Balaban J connectivity index is 3.23. The molecule has 0 aliphatic carbocycles. The summed E-state index contributed by atoms with van der Waals surface area (Å²) in [6.07, 6.45) is 0. The maximum Gasteiger partial charge on any atom is 0.335 e. The first-order valence-corrected chi connectivity index (χ1v) is 6.77. The molecule has 0 spiro atoms. The first kappa shape index (κ1) is 16.1. The van der Waals surface area contributed by atoms with Crippen LogP contribution in [0.15, 0.2) is 17.0 Å². The minimum atomic E-state index is -4.23. The average molecular weight is 305 g/mol. The van der Waals surface area contributed by atoms with Crippen molar-refractivity contribution in [1.29, 1.82) is 0 Å². The lowest BCUT2D eigenvalue weighted by Gasteiger charge is -2.10. The molecule has 0 aliphatic rings. The minimum absolute atomic E-state index is 0.243. The molecule has 0 atom stereocenters. The van der Waals surface area contributed by atoms with Crippen molar-refractivity contribution in [3.8, 4) is 0 Å². The fourth-order valence-electron chi connectivity index (χ4n) is 1.36. The Bertz CT molecular complexity index is 655. The maximum atomic E-state index is 13.5. The molecule has 1 rings (SSSR count). The van der Waals surface area contributed by atoms with Crippen LogP contribution in [0.3, 0.4) is 0 Å². The third kappa shape index (κ3) is 3.52. The molecule has 0 heterocycles. The van der Waals surface area contributed by atoms with Crippen molar-refractivity contribution in [3.63, 3.8) is 0 Å². The first-order chi connectivity index (χ1) is 9.19. The topological polar surface area (TPSA) is 110 Å². The van der Waals surface area contributed by atoms with Crippen molar-refractivity contribution in [1.82, 2.24) is 4.72 Å². The molecule has 0 saturated heterocycles. The van der Waals surface area contributed by atoms with Crippen molar-refractivity contribution in [2.24, 2.45) is 0 Å². The summed E-state index contributed by atoms with van der Waals surface area (Å²) in [7, 11) is -3.15. The second-order valence-electron chi connectivity index (χ2n) is 3.79. The van der Waals surface area contributed by atoms with Gasteiger partial charge in [0.05, 0.1) is 17.6 Å². The van der Waals surface area contributed by atoms with E-state index in [0.29, 0.717) is 0 Å². The van der Waals surface area contributed by atoms with Crippen molar-refractivity contribution >= 4 is 22.0 Å². The van der Waals surface area contributed by atoms with E-state index in [9.17, 15) is 22.4 Å². The quantitative estimate of drug-likeness (QED) is 0.756. The van der Waals surface area contributed by atoms with Gasteiger partial charge in [0.15, 0.2) is 0 Å². The fraction of sp³-hybridized carbons (Fsp3) is 0.273. The lowest BCUT2D eigenvalue weighted by molar-refractivity contribution is -0.139. The van der Waals surface area contributed by atoms with Crippen molar-refractivity contribution in [3.05, 3.63) is 29.1 Å². The number of carboxylic acids is 1. The Hall–Kier alpha value is -2.00. The number of hydrogen-bond donors (Lipinski definition) is 2. The Morgan fingerprint density at radius 3 is 2.50 bits per heavy atom. The van der Waals surface area contributed by atoms with Crippen molar-refractivity contribution < 1.29 is 32.2 Å². The Kier molecular flexibility index (Phi) is 4.79. The second kappa shape index (κ2) is 5.97. The van der Waals surface area contributed by atoms with E-state index in [4.69, 9.17) is 5.11 Å². The largest absolute Gasteiger partial charge is 0.478 e. The smallest absolute Gasteiger partial charge is 0.335 e. The van der Waals surface area contributed by atoms with Crippen molar-refractivity contribution in [2.45, 2.75) is 11.8 Å². The summed E-state index contributed by atoms with van der Waals surface area (Å²) in [5.74, 6) is -3.27. The zero-order valence-electron chi connectivity index (χ0n) is 10.6. The normalized spacial score (nSPS) is 11.2. The molecule has 0 fully saturated rings. The maximum absolute atomic E-state index is 13.5. The minimum Gasteiger partial charge on any atom is -0.478 e. The summed E-state index contributed by atoms with van der Waals surface area (Å²) in [6, 6.07) is 1.54. The van der Waals surface area contributed by atoms with E-state index in [2.05, 4.69) is 4.74 Å². The van der Waals surface area contributed by atoms with Gasteiger partial charge in [-0.3, -0.25) is 4.79 Å². The molecule has 2 N–H and O–H groups in total. The molecule has 0 unspecified atom stereocenters. The number of methoxy groups -OCH3 is 1. The van der Waals surface area contributed by atoms with Gasteiger partial charge in [0, 0.05) is 5.56 Å². The summed E-state index contributed by atoms with van der Waals surface area (Å²) in [5, 5.41) is 8.79. The second-order valence-corrected chi connectivity index (χ2v) is 5.52. The third-order valence-electron chi connectivity index (χ3n) is 2.47. The molecule has 20 heavy (non-hydrogen) atoms. The number of esters is 1. The van der Waals surface area contributed by atoms with Crippen molar-refractivity contribution in [2.75, 3.05) is 13.7 Å². The molecule has 0 aromatic heterocycles. The number of carbonyl (C=O) groups is 2. The fourth-order valence-corrected chi connectivity index (χ4v) is 2.61. The Morgan fingerprint density at radius 2 is 2.00 bits per heavy atom. The number of nitrogens with one attached hydrogen (secondary N) is 1. The average Bonchev–Trinajstić information content (AvgIpc) is 2.38. The van der Waals surface area contributed by atoms with Gasteiger partial charge >= 0.3 is 11.9 Å². The zero-order chi connectivity index (χ0) is 15.5. The van der Waals surface area contributed by atoms with Crippen LogP contribution in [-0.4, -0.2) is 39.1 Å². The van der Waals surface area contributed by atoms with Crippen LogP contribution >= 0.6 is 0 Å². The summed E-state index contributed by atoms with van der Waals surface area (Å²) >= 11 is 0. The molecule has 0 amide bonds. The number of sulfonamides is 1. The van der Waals surface area contributed by atoms with Crippen LogP contribution < -0.4 is 4.72 Å². The van der Waals surface area contributed by atoms with Gasteiger partial charge in [-0.1, -0.05) is 0 Å². The van der Waals surface area contributed by atoms with Crippen LogP contribution in [-0.2, 0) is 19.6 Å². The van der Waals surface area contributed by atoms with E-state index in [-0.39, 0.29) is 5.56 Å². The molecule has 0 saturated carbocycles. The molecular formula is C11H12FNO6S. The number of carboxylic acid groups (broad SMARTS) is 1. The molecule has 110 valence electrons. The lowest BCUT2D eigenvalue weighted by atomic mass is 10.1. The highest BCUT2D eigenvalue weighted by Gasteiger charge is 2.22. The van der Waals surface area contributed by atoms with Gasteiger partial charge in [-0.15, -0.1) is 0 Å². The lowest BCUT2D eigenvalue weighted by Crippen LogP contribution is -2.31. The van der Waals surface area contributed by atoms with Crippen LogP contribution in [0.5, 0.6) is 0 Å². The molecule has 0 bridgehead atoms. The van der Waals surface area contributed by atoms with Gasteiger partial charge in [0.1, 0.15) is 12.4 Å². The molecular weight excluding hydrogens is 293 g/mol. The number of hydrogen-bond acceptors (Lipinski definition) is 5. The number of halogens is 1. The predicted molar refractivity (Wildman–Crippen MR) is 65.3 cm³/mol. The van der Waals surface area contributed by atoms with Crippen LogP contribution in [0, 0.1) is 12.7 Å². The van der Waals surface area contributed by atoms with Gasteiger partial charge in [0.25, 0.3) is 0 Å². The van der Waals surface area contributed by atoms with Crippen LogP contribution in [0.25, 0.3) is 0 Å². The highest BCUT2D eigenvalue weighted by molar-refractivity contribution is 7.89. The number of aromatic carboxylic acids is 1. The molecule has 7 nitrogen and oxygen atoms in total. The number of benzene rings is 1. The van der Waals surface area contributed by atoms with Gasteiger partial charge in [-0.25, -0.2) is 17.6 Å². The van der Waals surface area contributed by atoms with E-state index >= 15 is 0 Å². The van der Waals surface area contributed by atoms with E-state index in [1.807, 2.05) is 4.72 Å². The number of rotatable bonds is 5. The van der Waals surface area contributed by atoms with E-state index in [1.165, 1.54) is 6.92 Å². The highest BCUT2D eigenvalue weighted by Crippen LogP contribution is 2.20. The standard InChI is InChI=1S/C11H12FNO6S/c1-6-8(12)3-7(11(15)16)4-9(6)20(17,18)13-5-10(14)19-2/h3-4,13H,5H2,1-2H3,(H,15,16). The van der Waals surface area contributed by atoms with Gasteiger partial charge < -0.3 is 9.84 Å². The first-order valence-electron chi connectivity index (χ1n) is 5.29. The molecule has 1 aromatic rings. The Morgan fingerprint density at radius 1 is 1.40 bits per heavy atom. The third-order valence-corrected chi connectivity index (χ3v) is 3.99. The number of ether oxygens (including phenoxy) is 1. The summed E-state index contributed by atoms with van der Waals surface area (Å²) in [6.45, 7) is 0.546. The predicted octanol–water partition coefficient (Wildman–Crippen LogP) is 0.284. The van der Waals surface area contributed by atoms with Gasteiger partial charge in [-0.05, 0) is 19.1 Å². The van der Waals surface area contributed by atoms with Crippen LogP contribution in [0.1, 0.15) is 15.9 Å². The molecule has 0 aliphatic heterocycles. The van der Waals surface area contributed by atoms with E-state index in [0.717, 1.165) is 19.2 Å². The van der Waals surface area contributed by atoms with Gasteiger partial charge in [-0.2, -0.15) is 4.72 Å². The summed E-state index contributed by atoms with van der Waals surface area (Å²) in [5.41, 5.74) is -0.751. The molecule has 1 aromatic carbocycles. The SMILES string of the molecule is COC(=O)CNS(=O)(=O)c1cc(C(=O)O)cc(F)c1C. The highest BCUT2D eigenvalue weighted by atomic mass is 32.2. The van der Waals surface area contributed by atoms with E-state index < -0.39 is 44.8 Å². The molecule has 0 radical (unpaired) electrons. The zero-order valence-corrected chi connectivity index (χ0v) is 11.5. The van der Waals surface area contributed by atoms with Gasteiger partial charge in [0.2, 0.25) is 10.0 Å². The molecule has 9 heteroatoms. The Labute approximate surface area is 114 Å². The van der Waals surface area contributed by atoms with E-state index in [1.54, 1.807) is 0 Å². The van der Waals surface area contributed by atoms with Crippen LogP contribution in [0.2, 0.25) is 0 Å². The summed E-state index contributed by atoms with van der Waals surface area (Å²) in [4.78, 5) is 21.2.